The van der Waals surface area contributed by atoms with Gasteiger partial charge in [-0.05, 0) is 6.42 Å². The van der Waals surface area contributed by atoms with Gasteiger partial charge in [0.25, 0.3) is 0 Å². The van der Waals surface area contributed by atoms with E-state index in [0.29, 0.717) is 0 Å². The van der Waals surface area contributed by atoms with Gasteiger partial charge in [0.05, 0.1) is 6.61 Å². The zero-order valence-corrected chi connectivity index (χ0v) is 5.44. The predicted octanol–water partition coefficient (Wildman–Crippen LogP) is 0.794. The first-order valence-corrected chi connectivity index (χ1v) is 2.99. The van der Waals surface area contributed by atoms with E-state index in [-0.39, 0.29) is 0 Å². The summed E-state index contributed by atoms with van der Waals surface area (Å²) in [6, 6.07) is 0. The third kappa shape index (κ3) is 5.92. The summed E-state index contributed by atoms with van der Waals surface area (Å²) in [6.45, 7) is 4.58. The number of ether oxygens (including phenoxy) is 1. The molecule has 0 aliphatic rings. The molecular weight excluding hydrogens is 102 g/mol. The van der Waals surface area contributed by atoms with Crippen LogP contribution in [0.4, 0.5) is 0 Å². The smallest absolute Gasteiger partial charge is 0.0590 e. The minimum absolute atomic E-state index is 0.775. The molecule has 0 aliphatic heterocycles. The lowest BCUT2D eigenvalue weighted by Crippen LogP contribution is -2.12. The quantitative estimate of drug-likeness (QED) is 0.536. The SMILES string of the molecule is [CH2]NCCOCCC. The molecule has 0 fully saturated rings. The van der Waals surface area contributed by atoms with Gasteiger partial charge in [0.1, 0.15) is 0 Å². The van der Waals surface area contributed by atoms with E-state index < -0.39 is 0 Å². The lowest BCUT2D eigenvalue weighted by Gasteiger charge is -1.98. The first-order chi connectivity index (χ1) is 3.91. The lowest BCUT2D eigenvalue weighted by atomic mass is 10.5. The Balaban J connectivity index is 2.53. The Kier molecular flexibility index (Phi) is 6.85. The Hall–Kier alpha value is -0.0800. The van der Waals surface area contributed by atoms with Crippen molar-refractivity contribution in [1.82, 2.24) is 5.32 Å². The van der Waals surface area contributed by atoms with E-state index in [1.165, 1.54) is 0 Å². The van der Waals surface area contributed by atoms with Gasteiger partial charge in [-0.15, -0.1) is 0 Å². The molecule has 0 aromatic carbocycles. The van der Waals surface area contributed by atoms with Gasteiger partial charge in [-0.3, -0.25) is 0 Å². The highest BCUT2D eigenvalue weighted by Crippen LogP contribution is 1.76. The van der Waals surface area contributed by atoms with Gasteiger partial charge in [0.2, 0.25) is 0 Å². The standard InChI is InChI=1S/C6H14NO/c1-3-5-8-6-4-7-2/h7H,2-6H2,1H3. The molecule has 0 aromatic rings. The van der Waals surface area contributed by atoms with Gasteiger partial charge in [-0.2, -0.15) is 0 Å². The molecule has 0 aliphatic carbocycles. The Labute approximate surface area is 51.2 Å². The maximum Gasteiger partial charge on any atom is 0.0590 e. The Morgan fingerprint density at radius 3 is 2.75 bits per heavy atom. The Morgan fingerprint density at radius 1 is 1.50 bits per heavy atom. The molecule has 0 amide bonds. The summed E-state index contributed by atoms with van der Waals surface area (Å²) in [5.41, 5.74) is 0. The van der Waals surface area contributed by atoms with E-state index in [1.807, 2.05) is 0 Å². The molecule has 0 spiro atoms. The first-order valence-electron chi connectivity index (χ1n) is 2.99. The average molecular weight is 116 g/mol. The molecular formula is C6H14NO. The molecule has 2 nitrogen and oxygen atoms in total. The third-order valence-corrected chi connectivity index (χ3v) is 0.772. The zero-order valence-electron chi connectivity index (χ0n) is 5.44. The number of hydrogen-bond donors (Lipinski definition) is 1. The topological polar surface area (TPSA) is 21.3 Å². The van der Waals surface area contributed by atoms with Crippen LogP contribution >= 0.6 is 0 Å². The van der Waals surface area contributed by atoms with Crippen LogP contribution in [-0.2, 0) is 4.74 Å². The van der Waals surface area contributed by atoms with Crippen molar-refractivity contribution in [3.8, 4) is 0 Å². The predicted molar refractivity (Wildman–Crippen MR) is 34.5 cm³/mol. The molecule has 0 unspecified atom stereocenters. The van der Waals surface area contributed by atoms with E-state index in [4.69, 9.17) is 4.74 Å². The lowest BCUT2D eigenvalue weighted by molar-refractivity contribution is 0.138. The molecule has 49 valence electrons. The molecule has 0 rings (SSSR count). The van der Waals surface area contributed by atoms with E-state index >= 15 is 0 Å². The van der Waals surface area contributed by atoms with Crippen LogP contribution in [-0.4, -0.2) is 19.8 Å². The third-order valence-electron chi connectivity index (χ3n) is 0.772. The fraction of sp³-hybridized carbons (Fsp3) is 0.833. The minimum atomic E-state index is 0.775. The molecule has 1 radical (unpaired) electrons. The second kappa shape index (κ2) is 6.92. The minimum Gasteiger partial charge on any atom is -0.380 e. The van der Waals surface area contributed by atoms with Crippen molar-refractivity contribution in [3.63, 3.8) is 0 Å². The van der Waals surface area contributed by atoms with Crippen LogP contribution < -0.4 is 5.32 Å². The molecule has 0 heterocycles. The van der Waals surface area contributed by atoms with Crippen LogP contribution in [0.15, 0.2) is 0 Å². The Bertz CT molecular complexity index is 33.5. The molecule has 0 atom stereocenters. The highest BCUT2D eigenvalue weighted by Gasteiger charge is 1.80. The number of hydrogen-bond acceptors (Lipinski definition) is 2. The first kappa shape index (κ1) is 7.92. The van der Waals surface area contributed by atoms with Crippen molar-refractivity contribution >= 4 is 0 Å². The van der Waals surface area contributed by atoms with Gasteiger partial charge < -0.3 is 10.1 Å². The van der Waals surface area contributed by atoms with Crippen molar-refractivity contribution in [2.24, 2.45) is 0 Å². The summed E-state index contributed by atoms with van der Waals surface area (Å²) in [5.74, 6) is 0. The second-order valence-corrected chi connectivity index (χ2v) is 1.61. The van der Waals surface area contributed by atoms with E-state index in [9.17, 15) is 0 Å². The summed E-state index contributed by atoms with van der Waals surface area (Å²) in [5, 5.41) is 2.75. The molecule has 0 saturated carbocycles. The number of rotatable bonds is 5. The van der Waals surface area contributed by atoms with Crippen LogP contribution in [0, 0.1) is 7.05 Å². The van der Waals surface area contributed by atoms with Crippen molar-refractivity contribution in [3.05, 3.63) is 7.05 Å². The highest BCUT2D eigenvalue weighted by molar-refractivity contribution is 4.38. The fourth-order valence-electron chi connectivity index (χ4n) is 0.391. The molecule has 2 heteroatoms. The summed E-state index contributed by atoms with van der Waals surface area (Å²) in [7, 11) is 3.45. The Morgan fingerprint density at radius 2 is 2.25 bits per heavy atom. The summed E-state index contributed by atoms with van der Waals surface area (Å²) in [6.07, 6.45) is 1.09. The van der Waals surface area contributed by atoms with Crippen LogP contribution in [0.1, 0.15) is 13.3 Å². The monoisotopic (exact) mass is 116 g/mol. The molecule has 8 heavy (non-hydrogen) atoms. The van der Waals surface area contributed by atoms with Gasteiger partial charge in [0.15, 0.2) is 0 Å². The van der Waals surface area contributed by atoms with Gasteiger partial charge in [0, 0.05) is 20.2 Å². The van der Waals surface area contributed by atoms with Crippen LogP contribution in [0.25, 0.3) is 0 Å². The normalized spacial score (nSPS) is 9.75. The number of nitrogens with one attached hydrogen (secondary N) is 1. The van der Waals surface area contributed by atoms with E-state index in [2.05, 4.69) is 19.3 Å². The van der Waals surface area contributed by atoms with Gasteiger partial charge >= 0.3 is 0 Å². The van der Waals surface area contributed by atoms with Crippen LogP contribution in [0.3, 0.4) is 0 Å². The maximum absolute atomic E-state index is 5.12. The van der Waals surface area contributed by atoms with Crippen LogP contribution in [0.2, 0.25) is 0 Å². The maximum atomic E-state index is 5.12. The average Bonchev–Trinajstić information content (AvgIpc) is 1.81. The van der Waals surface area contributed by atoms with Gasteiger partial charge in [-0.1, -0.05) is 6.92 Å². The second-order valence-electron chi connectivity index (χ2n) is 1.61. The fourth-order valence-corrected chi connectivity index (χ4v) is 0.391. The zero-order chi connectivity index (χ0) is 6.24. The van der Waals surface area contributed by atoms with Crippen molar-refractivity contribution in [1.29, 1.82) is 0 Å². The molecule has 1 N–H and O–H groups in total. The van der Waals surface area contributed by atoms with E-state index in [1.54, 1.807) is 0 Å². The van der Waals surface area contributed by atoms with Crippen molar-refractivity contribution in [2.45, 2.75) is 13.3 Å². The van der Waals surface area contributed by atoms with Crippen molar-refractivity contribution < 1.29 is 4.74 Å². The van der Waals surface area contributed by atoms with Crippen molar-refractivity contribution in [2.75, 3.05) is 19.8 Å². The van der Waals surface area contributed by atoms with E-state index in [0.717, 1.165) is 26.2 Å². The molecule has 0 aromatic heterocycles. The molecule has 0 bridgehead atoms. The summed E-state index contributed by atoms with van der Waals surface area (Å²) in [4.78, 5) is 0. The molecule has 0 saturated heterocycles. The summed E-state index contributed by atoms with van der Waals surface area (Å²) < 4.78 is 5.12. The highest BCUT2D eigenvalue weighted by atomic mass is 16.5. The summed E-state index contributed by atoms with van der Waals surface area (Å²) >= 11 is 0. The largest absolute Gasteiger partial charge is 0.380 e. The van der Waals surface area contributed by atoms with Crippen LogP contribution in [0.5, 0.6) is 0 Å². The van der Waals surface area contributed by atoms with Gasteiger partial charge in [-0.25, -0.2) is 0 Å².